The highest BCUT2D eigenvalue weighted by atomic mass is 35.5. The fraction of sp³-hybridized carbons (Fsp3) is 0.417. The maximum absolute atomic E-state index is 12.0. The molecule has 1 aromatic rings. The summed E-state index contributed by atoms with van der Waals surface area (Å²) in [7, 11) is 0. The van der Waals surface area contributed by atoms with Crippen LogP contribution in [0.3, 0.4) is 0 Å². The zero-order valence-corrected chi connectivity index (χ0v) is 10.8. The van der Waals surface area contributed by atoms with Crippen molar-refractivity contribution in [3.63, 3.8) is 0 Å². The Morgan fingerprint density at radius 2 is 1.89 bits per heavy atom. The molecule has 3 N–H and O–H groups in total. The third-order valence-corrected chi connectivity index (χ3v) is 2.75. The number of benzene rings is 1. The smallest absolute Gasteiger partial charge is 0.368 e. The highest BCUT2D eigenvalue weighted by Crippen LogP contribution is 2.18. The molecule has 0 fully saturated rings. The zero-order valence-electron chi connectivity index (χ0n) is 10.0. The molecular formula is C12H14ClF3N2O. The number of primary amides is 1. The first kappa shape index (κ1) is 15.8. The number of nitrogens with two attached hydrogens (primary N) is 1. The monoisotopic (exact) mass is 294 g/mol. The van der Waals surface area contributed by atoms with E-state index in [0.29, 0.717) is 5.02 Å². The lowest BCUT2D eigenvalue weighted by Crippen LogP contribution is -2.44. The molecule has 106 valence electrons. The summed E-state index contributed by atoms with van der Waals surface area (Å²) >= 11 is 5.71. The Hall–Kier alpha value is -1.27. The molecule has 0 saturated carbocycles. The van der Waals surface area contributed by atoms with E-state index in [9.17, 15) is 18.0 Å². The van der Waals surface area contributed by atoms with Crippen molar-refractivity contribution in [2.45, 2.75) is 25.1 Å². The number of carbonyl (C=O) groups is 1. The van der Waals surface area contributed by atoms with Gasteiger partial charge < -0.3 is 11.1 Å². The standard InChI is InChI=1S/C12H14ClF3N2O/c13-9-3-1-8(2-4-9)7-10(11(17)19)18-6-5-12(14,15)16/h1-4,10,18H,5-7H2,(H2,17,19)/t10-/m1/s1. The lowest BCUT2D eigenvalue weighted by molar-refractivity contribution is -0.134. The molecule has 0 bridgehead atoms. The van der Waals surface area contributed by atoms with Crippen molar-refractivity contribution >= 4 is 17.5 Å². The van der Waals surface area contributed by atoms with Gasteiger partial charge in [-0.1, -0.05) is 23.7 Å². The van der Waals surface area contributed by atoms with Gasteiger partial charge in [0.15, 0.2) is 0 Å². The van der Waals surface area contributed by atoms with Gasteiger partial charge >= 0.3 is 6.18 Å². The van der Waals surface area contributed by atoms with Gasteiger partial charge in [-0.05, 0) is 24.1 Å². The van der Waals surface area contributed by atoms with E-state index in [-0.39, 0.29) is 13.0 Å². The van der Waals surface area contributed by atoms with Crippen molar-refractivity contribution in [3.05, 3.63) is 34.9 Å². The minimum atomic E-state index is -4.25. The van der Waals surface area contributed by atoms with Crippen LogP contribution >= 0.6 is 11.6 Å². The second-order valence-electron chi connectivity index (χ2n) is 4.10. The highest BCUT2D eigenvalue weighted by molar-refractivity contribution is 6.30. The Morgan fingerprint density at radius 1 is 1.32 bits per heavy atom. The molecule has 1 aromatic carbocycles. The Kier molecular flexibility index (Phi) is 5.62. The van der Waals surface area contributed by atoms with Crippen LogP contribution < -0.4 is 11.1 Å². The number of rotatable bonds is 6. The minimum absolute atomic E-state index is 0.227. The van der Waals surface area contributed by atoms with E-state index in [0.717, 1.165) is 5.56 Å². The van der Waals surface area contributed by atoms with E-state index in [1.807, 2.05) is 0 Å². The predicted octanol–water partition coefficient (Wildman–Crippen LogP) is 2.28. The fourth-order valence-corrected chi connectivity index (χ4v) is 1.64. The molecule has 0 aliphatic heterocycles. The number of amides is 1. The second-order valence-corrected chi connectivity index (χ2v) is 4.54. The van der Waals surface area contributed by atoms with Gasteiger partial charge in [0.1, 0.15) is 0 Å². The summed E-state index contributed by atoms with van der Waals surface area (Å²) in [4.78, 5) is 11.2. The normalized spacial score (nSPS) is 13.3. The molecule has 0 heterocycles. The Labute approximate surface area is 113 Å². The molecule has 1 atom stereocenters. The summed E-state index contributed by atoms with van der Waals surface area (Å²) in [5.74, 6) is -0.683. The van der Waals surface area contributed by atoms with Crippen LogP contribution in [0.5, 0.6) is 0 Å². The van der Waals surface area contributed by atoms with Crippen LogP contribution in [-0.2, 0) is 11.2 Å². The van der Waals surface area contributed by atoms with Crippen LogP contribution in [0.1, 0.15) is 12.0 Å². The quantitative estimate of drug-likeness (QED) is 0.846. The van der Waals surface area contributed by atoms with Crippen molar-refractivity contribution in [1.29, 1.82) is 0 Å². The number of nitrogens with one attached hydrogen (secondary N) is 1. The van der Waals surface area contributed by atoms with Crippen molar-refractivity contribution < 1.29 is 18.0 Å². The summed E-state index contributed by atoms with van der Waals surface area (Å²) in [6.45, 7) is -0.343. The summed E-state index contributed by atoms with van der Waals surface area (Å²) in [6, 6.07) is 5.85. The number of alkyl halides is 3. The highest BCUT2D eigenvalue weighted by Gasteiger charge is 2.27. The van der Waals surface area contributed by atoms with Gasteiger partial charge in [0.2, 0.25) is 5.91 Å². The van der Waals surface area contributed by atoms with E-state index in [1.54, 1.807) is 24.3 Å². The molecule has 0 aromatic heterocycles. The van der Waals surface area contributed by atoms with Gasteiger partial charge in [-0.15, -0.1) is 0 Å². The maximum atomic E-state index is 12.0. The van der Waals surface area contributed by atoms with E-state index in [1.165, 1.54) is 0 Å². The first-order valence-corrected chi connectivity index (χ1v) is 5.99. The van der Waals surface area contributed by atoms with Gasteiger partial charge in [-0.2, -0.15) is 13.2 Å². The Morgan fingerprint density at radius 3 is 2.37 bits per heavy atom. The van der Waals surface area contributed by atoms with Crippen LogP contribution in [-0.4, -0.2) is 24.7 Å². The summed E-state index contributed by atoms with van der Waals surface area (Å²) in [5, 5.41) is 3.06. The minimum Gasteiger partial charge on any atom is -0.368 e. The molecular weight excluding hydrogens is 281 g/mol. The average molecular weight is 295 g/mol. The van der Waals surface area contributed by atoms with Crippen molar-refractivity contribution in [1.82, 2.24) is 5.32 Å². The van der Waals surface area contributed by atoms with Crippen LogP contribution in [0.2, 0.25) is 5.02 Å². The molecule has 7 heteroatoms. The van der Waals surface area contributed by atoms with Crippen molar-refractivity contribution in [2.24, 2.45) is 5.73 Å². The number of hydrogen-bond donors (Lipinski definition) is 2. The topological polar surface area (TPSA) is 55.1 Å². The fourth-order valence-electron chi connectivity index (χ4n) is 1.52. The van der Waals surface area contributed by atoms with Crippen LogP contribution in [0.15, 0.2) is 24.3 Å². The third-order valence-electron chi connectivity index (χ3n) is 2.50. The number of carbonyl (C=O) groups excluding carboxylic acids is 1. The largest absolute Gasteiger partial charge is 0.390 e. The van der Waals surface area contributed by atoms with Gasteiger partial charge in [-0.25, -0.2) is 0 Å². The Balaban J connectivity index is 2.53. The second kappa shape index (κ2) is 6.77. The maximum Gasteiger partial charge on any atom is 0.390 e. The van der Waals surface area contributed by atoms with Gasteiger partial charge in [0.05, 0.1) is 12.5 Å². The first-order chi connectivity index (χ1) is 8.78. The summed E-state index contributed by atoms with van der Waals surface area (Å²) in [5.41, 5.74) is 5.93. The molecule has 0 unspecified atom stereocenters. The molecule has 1 amide bonds. The van der Waals surface area contributed by atoms with E-state index in [4.69, 9.17) is 17.3 Å². The Bertz CT molecular complexity index is 420. The lowest BCUT2D eigenvalue weighted by atomic mass is 10.1. The van der Waals surface area contributed by atoms with Crippen molar-refractivity contribution in [3.8, 4) is 0 Å². The van der Waals surface area contributed by atoms with Gasteiger partial charge in [-0.3, -0.25) is 4.79 Å². The first-order valence-electron chi connectivity index (χ1n) is 5.62. The molecule has 0 radical (unpaired) electrons. The molecule has 0 aliphatic carbocycles. The molecule has 0 saturated heterocycles. The van der Waals surface area contributed by atoms with Gasteiger partial charge in [0.25, 0.3) is 0 Å². The molecule has 3 nitrogen and oxygen atoms in total. The van der Waals surface area contributed by atoms with Crippen LogP contribution in [0.4, 0.5) is 13.2 Å². The number of halogens is 4. The molecule has 19 heavy (non-hydrogen) atoms. The van der Waals surface area contributed by atoms with Gasteiger partial charge in [0, 0.05) is 11.6 Å². The van der Waals surface area contributed by atoms with E-state index in [2.05, 4.69) is 5.32 Å². The summed E-state index contributed by atoms with van der Waals surface area (Å²) in [6.07, 6.45) is -5.03. The lowest BCUT2D eigenvalue weighted by Gasteiger charge is -2.16. The SMILES string of the molecule is NC(=O)[C@@H](Cc1ccc(Cl)cc1)NCCC(F)(F)F. The molecule has 1 rings (SSSR count). The molecule has 0 spiro atoms. The predicted molar refractivity (Wildman–Crippen MR) is 66.8 cm³/mol. The van der Waals surface area contributed by atoms with E-state index < -0.39 is 24.5 Å². The van der Waals surface area contributed by atoms with Crippen LogP contribution in [0, 0.1) is 0 Å². The van der Waals surface area contributed by atoms with E-state index >= 15 is 0 Å². The van der Waals surface area contributed by atoms with Crippen molar-refractivity contribution in [2.75, 3.05) is 6.54 Å². The number of hydrogen-bond acceptors (Lipinski definition) is 2. The third kappa shape index (κ3) is 6.45. The summed E-state index contributed by atoms with van der Waals surface area (Å²) < 4.78 is 36.0. The molecule has 0 aliphatic rings. The average Bonchev–Trinajstić information content (AvgIpc) is 2.28. The van der Waals surface area contributed by atoms with Crippen LogP contribution in [0.25, 0.3) is 0 Å². The zero-order chi connectivity index (χ0) is 14.5.